The molecule has 1 aliphatic heterocycles. The smallest absolute Gasteiger partial charge is 0.158 e. The number of ether oxygens (including phenoxy) is 2. The lowest BCUT2D eigenvalue weighted by molar-refractivity contribution is -0.160. The van der Waals surface area contributed by atoms with E-state index in [9.17, 15) is 0 Å². The van der Waals surface area contributed by atoms with Gasteiger partial charge in [-0.25, -0.2) is 0 Å². The van der Waals surface area contributed by atoms with Crippen molar-refractivity contribution in [2.24, 2.45) is 5.92 Å². The van der Waals surface area contributed by atoms with Crippen molar-refractivity contribution >= 4 is 0 Å². The third-order valence-electron chi connectivity index (χ3n) is 4.29. The van der Waals surface area contributed by atoms with Gasteiger partial charge in [0.05, 0.1) is 5.60 Å². The van der Waals surface area contributed by atoms with Gasteiger partial charge in [-0.3, -0.25) is 0 Å². The molecule has 2 fully saturated rings. The molecule has 1 saturated heterocycles. The first-order chi connectivity index (χ1) is 8.78. The van der Waals surface area contributed by atoms with Crippen molar-refractivity contribution < 1.29 is 9.47 Å². The molecule has 18 heavy (non-hydrogen) atoms. The molecule has 2 unspecified atom stereocenters. The maximum atomic E-state index is 6.21. The Labute approximate surface area is 112 Å². The molecule has 0 N–H and O–H groups in total. The first-order valence-corrected chi connectivity index (χ1v) is 7.68. The van der Waals surface area contributed by atoms with Gasteiger partial charge in [0.25, 0.3) is 0 Å². The molecule has 104 valence electrons. The third kappa shape index (κ3) is 4.10. The lowest BCUT2D eigenvalue weighted by Crippen LogP contribution is -2.25. The van der Waals surface area contributed by atoms with E-state index in [1.807, 2.05) is 0 Å². The fourth-order valence-corrected chi connectivity index (χ4v) is 2.90. The summed E-state index contributed by atoms with van der Waals surface area (Å²) in [6.07, 6.45) is 14.3. The van der Waals surface area contributed by atoms with E-state index >= 15 is 0 Å². The van der Waals surface area contributed by atoms with Crippen molar-refractivity contribution in [3.8, 4) is 0 Å². The Balaban J connectivity index is 1.74. The molecule has 0 spiro atoms. The van der Waals surface area contributed by atoms with Crippen LogP contribution >= 0.6 is 0 Å². The molecule has 0 bridgehead atoms. The number of hydrogen-bond acceptors (Lipinski definition) is 2. The highest BCUT2D eigenvalue weighted by atomic mass is 16.7. The summed E-state index contributed by atoms with van der Waals surface area (Å²) in [7, 11) is 0. The topological polar surface area (TPSA) is 18.5 Å². The minimum absolute atomic E-state index is 0.0977. The van der Waals surface area contributed by atoms with Gasteiger partial charge in [-0.05, 0) is 51.4 Å². The van der Waals surface area contributed by atoms with Gasteiger partial charge in [-0.15, -0.1) is 0 Å². The first kappa shape index (κ1) is 14.1. The quantitative estimate of drug-likeness (QED) is 0.594. The molecule has 0 radical (unpaired) electrons. The average molecular weight is 252 g/mol. The molecule has 0 amide bonds. The molecule has 2 aliphatic rings. The monoisotopic (exact) mass is 252 g/mol. The van der Waals surface area contributed by atoms with Crippen LogP contribution in [0.5, 0.6) is 0 Å². The molecule has 2 atom stereocenters. The van der Waals surface area contributed by atoms with Crippen LogP contribution in [-0.2, 0) is 9.47 Å². The molecular weight excluding hydrogens is 224 g/mol. The molecule has 0 aromatic carbocycles. The van der Waals surface area contributed by atoms with Gasteiger partial charge in [0.1, 0.15) is 0 Å². The summed E-state index contributed by atoms with van der Waals surface area (Å²) < 4.78 is 11.8. The van der Waals surface area contributed by atoms with Gasteiger partial charge in [0.2, 0.25) is 0 Å². The summed E-state index contributed by atoms with van der Waals surface area (Å²) in [5.41, 5.74) is 0.186. The fraction of sp³-hybridized carbons (Fsp3) is 0.875. The minimum Gasteiger partial charge on any atom is -0.353 e. The van der Waals surface area contributed by atoms with E-state index in [4.69, 9.17) is 9.47 Å². The maximum absolute atomic E-state index is 6.21. The van der Waals surface area contributed by atoms with Crippen molar-refractivity contribution in [1.82, 2.24) is 0 Å². The Kier molecular flexibility index (Phi) is 5.25. The van der Waals surface area contributed by atoms with Crippen LogP contribution in [-0.4, -0.2) is 18.5 Å². The second-order valence-corrected chi connectivity index (χ2v) is 5.87. The number of hydrogen-bond donors (Lipinski definition) is 0. The highest BCUT2D eigenvalue weighted by Gasteiger charge is 2.47. The van der Waals surface area contributed by atoms with Crippen LogP contribution in [0.15, 0.2) is 12.2 Å². The van der Waals surface area contributed by atoms with E-state index in [1.54, 1.807) is 0 Å². The molecule has 1 heterocycles. The van der Waals surface area contributed by atoms with E-state index in [2.05, 4.69) is 26.0 Å². The normalized spacial score (nSPS) is 27.8. The van der Waals surface area contributed by atoms with Crippen LogP contribution in [0.3, 0.4) is 0 Å². The van der Waals surface area contributed by atoms with Gasteiger partial charge in [-0.1, -0.05) is 25.5 Å². The zero-order valence-corrected chi connectivity index (χ0v) is 12.0. The van der Waals surface area contributed by atoms with Gasteiger partial charge >= 0.3 is 0 Å². The van der Waals surface area contributed by atoms with Crippen LogP contribution in [0.25, 0.3) is 0 Å². The van der Waals surface area contributed by atoms with Gasteiger partial charge in [0.15, 0.2) is 6.29 Å². The standard InChI is InChI=1S/C16H28O2/c1-3-5-6-8-14(4-2)13-16(10-11-16)18-15-9-7-12-17-15/h3,5,14-15H,4,6-13H2,1-2H3/b5-3+. The number of allylic oxidation sites excluding steroid dienone is 2. The van der Waals surface area contributed by atoms with E-state index < -0.39 is 0 Å². The third-order valence-corrected chi connectivity index (χ3v) is 4.29. The van der Waals surface area contributed by atoms with Gasteiger partial charge < -0.3 is 9.47 Å². The minimum atomic E-state index is 0.0977. The predicted molar refractivity (Wildman–Crippen MR) is 74.5 cm³/mol. The summed E-state index contributed by atoms with van der Waals surface area (Å²) in [6.45, 7) is 5.30. The molecule has 1 aliphatic carbocycles. The number of rotatable bonds is 8. The molecule has 2 heteroatoms. The summed E-state index contributed by atoms with van der Waals surface area (Å²) >= 11 is 0. The van der Waals surface area contributed by atoms with Crippen molar-refractivity contribution in [2.75, 3.05) is 6.61 Å². The van der Waals surface area contributed by atoms with Crippen LogP contribution in [0.1, 0.15) is 65.2 Å². The van der Waals surface area contributed by atoms with Crippen LogP contribution in [0.2, 0.25) is 0 Å². The summed E-state index contributed by atoms with van der Waals surface area (Å²) in [6, 6.07) is 0. The van der Waals surface area contributed by atoms with Crippen molar-refractivity contribution in [3.63, 3.8) is 0 Å². The van der Waals surface area contributed by atoms with Crippen LogP contribution < -0.4 is 0 Å². The molecule has 1 saturated carbocycles. The van der Waals surface area contributed by atoms with Crippen LogP contribution in [0.4, 0.5) is 0 Å². The van der Waals surface area contributed by atoms with E-state index in [0.29, 0.717) is 0 Å². The maximum Gasteiger partial charge on any atom is 0.158 e. The van der Waals surface area contributed by atoms with Crippen LogP contribution in [0, 0.1) is 5.92 Å². The van der Waals surface area contributed by atoms with E-state index in [1.165, 1.54) is 44.9 Å². The fourth-order valence-electron chi connectivity index (χ4n) is 2.90. The molecule has 2 rings (SSSR count). The van der Waals surface area contributed by atoms with Gasteiger partial charge in [-0.2, -0.15) is 0 Å². The Bertz CT molecular complexity index is 262. The predicted octanol–water partition coefficient (Wildman–Crippen LogP) is 4.44. The second kappa shape index (κ2) is 6.72. The molecule has 0 aromatic rings. The Morgan fingerprint density at radius 2 is 2.28 bits per heavy atom. The molecule has 0 aromatic heterocycles. The second-order valence-electron chi connectivity index (χ2n) is 5.87. The van der Waals surface area contributed by atoms with Crippen molar-refractivity contribution in [3.05, 3.63) is 12.2 Å². The SMILES string of the molecule is C/C=C/CCC(CC)CC1(OC2CCCO2)CC1. The largest absolute Gasteiger partial charge is 0.353 e. The lowest BCUT2D eigenvalue weighted by Gasteiger charge is -2.25. The van der Waals surface area contributed by atoms with Gasteiger partial charge in [0, 0.05) is 13.0 Å². The van der Waals surface area contributed by atoms with Crippen molar-refractivity contribution in [1.29, 1.82) is 0 Å². The van der Waals surface area contributed by atoms with E-state index in [0.717, 1.165) is 18.9 Å². The molecule has 2 nitrogen and oxygen atoms in total. The Morgan fingerprint density at radius 1 is 1.44 bits per heavy atom. The van der Waals surface area contributed by atoms with Crippen molar-refractivity contribution in [2.45, 2.75) is 77.1 Å². The lowest BCUT2D eigenvalue weighted by atomic mass is 9.92. The van der Waals surface area contributed by atoms with E-state index in [-0.39, 0.29) is 11.9 Å². The average Bonchev–Trinajstić information content (AvgIpc) is 2.92. The molecular formula is C16H28O2. The highest BCUT2D eigenvalue weighted by molar-refractivity contribution is 4.98. The zero-order chi connectivity index (χ0) is 12.8. The Hall–Kier alpha value is -0.340. The summed E-state index contributed by atoms with van der Waals surface area (Å²) in [5.74, 6) is 0.810. The zero-order valence-electron chi connectivity index (χ0n) is 12.0. The summed E-state index contributed by atoms with van der Waals surface area (Å²) in [5, 5.41) is 0. The highest BCUT2D eigenvalue weighted by Crippen LogP contribution is 2.47. The Morgan fingerprint density at radius 3 is 2.83 bits per heavy atom. The summed E-state index contributed by atoms with van der Waals surface area (Å²) in [4.78, 5) is 0. The first-order valence-electron chi connectivity index (χ1n) is 7.68.